The summed E-state index contributed by atoms with van der Waals surface area (Å²) in [5, 5.41) is 2.64. The molecule has 0 aliphatic rings. The van der Waals surface area contributed by atoms with Gasteiger partial charge in [0.25, 0.3) is 0 Å². The molecule has 0 bridgehead atoms. The lowest BCUT2D eigenvalue weighted by atomic mass is 9.89. The molecule has 114 valence electrons. The van der Waals surface area contributed by atoms with Crippen LogP contribution in [0.4, 0.5) is 0 Å². The van der Waals surface area contributed by atoms with E-state index in [0.717, 1.165) is 0 Å². The summed E-state index contributed by atoms with van der Waals surface area (Å²) in [5.74, 6) is 0. The Bertz CT molecular complexity index is 881. The van der Waals surface area contributed by atoms with E-state index in [9.17, 15) is 0 Å². The van der Waals surface area contributed by atoms with Crippen LogP contribution in [-0.4, -0.2) is 0 Å². The second-order valence-electron chi connectivity index (χ2n) is 5.90. The minimum absolute atomic E-state index is 1.28. The molecule has 0 nitrogen and oxygen atoms in total. The number of hydrogen-bond acceptors (Lipinski definition) is 0. The zero-order chi connectivity index (χ0) is 16.2. The van der Waals surface area contributed by atoms with Crippen LogP contribution in [0.3, 0.4) is 0 Å². The molecular formula is C23H22. The first-order chi connectivity index (χ1) is 11.2. The van der Waals surface area contributed by atoms with Crippen molar-refractivity contribution in [3.8, 4) is 11.1 Å². The van der Waals surface area contributed by atoms with Crippen molar-refractivity contribution in [2.75, 3.05) is 0 Å². The number of benzene rings is 3. The summed E-state index contributed by atoms with van der Waals surface area (Å²) in [6.07, 6.45) is 6.36. The van der Waals surface area contributed by atoms with Gasteiger partial charge in [-0.3, -0.25) is 0 Å². The van der Waals surface area contributed by atoms with E-state index in [1.54, 1.807) is 0 Å². The first-order valence-corrected chi connectivity index (χ1v) is 8.10. The van der Waals surface area contributed by atoms with Crippen molar-refractivity contribution < 1.29 is 0 Å². The first kappa shape index (κ1) is 15.3. The Morgan fingerprint density at radius 3 is 2.39 bits per heavy atom. The smallest absolute Gasteiger partial charge is 0.00275 e. The Morgan fingerprint density at radius 2 is 1.65 bits per heavy atom. The summed E-state index contributed by atoms with van der Waals surface area (Å²) in [6, 6.07) is 21.7. The number of rotatable bonds is 3. The third-order valence-electron chi connectivity index (χ3n) is 4.28. The fraction of sp³-hybridized carbons (Fsp3) is 0.130. The van der Waals surface area contributed by atoms with Gasteiger partial charge in [-0.2, -0.15) is 0 Å². The van der Waals surface area contributed by atoms with E-state index >= 15 is 0 Å². The number of allylic oxidation sites excluding steroid dienone is 4. The van der Waals surface area contributed by atoms with E-state index < -0.39 is 0 Å². The van der Waals surface area contributed by atoms with Crippen LogP contribution < -0.4 is 0 Å². The maximum atomic E-state index is 2.23. The highest BCUT2D eigenvalue weighted by molar-refractivity contribution is 6.05. The lowest BCUT2D eigenvalue weighted by Crippen LogP contribution is -1.91. The quantitative estimate of drug-likeness (QED) is 0.467. The maximum Gasteiger partial charge on any atom is -0.00275 e. The van der Waals surface area contributed by atoms with E-state index in [1.165, 1.54) is 38.6 Å². The Hall–Kier alpha value is -2.60. The van der Waals surface area contributed by atoms with Gasteiger partial charge in [0.05, 0.1) is 0 Å². The summed E-state index contributed by atoms with van der Waals surface area (Å²) < 4.78 is 0. The molecule has 3 rings (SSSR count). The summed E-state index contributed by atoms with van der Waals surface area (Å²) in [4.78, 5) is 0. The lowest BCUT2D eigenvalue weighted by Gasteiger charge is -2.15. The monoisotopic (exact) mass is 298 g/mol. The molecule has 0 spiro atoms. The van der Waals surface area contributed by atoms with Crippen LogP contribution in [0.25, 0.3) is 27.5 Å². The molecule has 0 saturated heterocycles. The molecule has 3 aromatic carbocycles. The normalized spacial score (nSPS) is 12.2. The molecule has 0 N–H and O–H groups in total. The highest BCUT2D eigenvalue weighted by Crippen LogP contribution is 2.36. The number of hydrogen-bond donors (Lipinski definition) is 0. The molecule has 3 aromatic rings. The van der Waals surface area contributed by atoms with Gasteiger partial charge in [0.2, 0.25) is 0 Å². The molecule has 0 unspecified atom stereocenters. The topological polar surface area (TPSA) is 0 Å². The molecule has 0 amide bonds. The summed E-state index contributed by atoms with van der Waals surface area (Å²) >= 11 is 0. The summed E-state index contributed by atoms with van der Waals surface area (Å²) in [5.41, 5.74) is 6.53. The van der Waals surface area contributed by atoms with E-state index in [2.05, 4.69) is 92.7 Å². The van der Waals surface area contributed by atoms with Crippen LogP contribution in [0, 0.1) is 6.92 Å². The molecular weight excluding hydrogens is 276 g/mol. The van der Waals surface area contributed by atoms with Crippen molar-refractivity contribution >= 4 is 16.3 Å². The van der Waals surface area contributed by atoms with Gasteiger partial charge in [-0.25, -0.2) is 0 Å². The molecule has 0 aliphatic heterocycles. The Kier molecular flexibility index (Phi) is 4.43. The van der Waals surface area contributed by atoms with Gasteiger partial charge >= 0.3 is 0 Å². The maximum absolute atomic E-state index is 2.23. The van der Waals surface area contributed by atoms with Gasteiger partial charge in [-0.15, -0.1) is 0 Å². The van der Waals surface area contributed by atoms with Crippen molar-refractivity contribution in [3.05, 3.63) is 90.0 Å². The molecule has 0 atom stereocenters. The Labute approximate surface area is 138 Å². The summed E-state index contributed by atoms with van der Waals surface area (Å²) in [6.45, 7) is 6.43. The summed E-state index contributed by atoms with van der Waals surface area (Å²) in [7, 11) is 0. The molecule has 0 aliphatic carbocycles. The minimum Gasteiger partial charge on any atom is -0.0877 e. The SMILES string of the molecule is C/C=C/C=C(\C)c1cccc2ccc(C)c(-c3ccccc3)c12. The van der Waals surface area contributed by atoms with Gasteiger partial charge in [-0.1, -0.05) is 78.9 Å². The van der Waals surface area contributed by atoms with Crippen molar-refractivity contribution in [3.63, 3.8) is 0 Å². The van der Waals surface area contributed by atoms with Crippen LogP contribution in [-0.2, 0) is 0 Å². The lowest BCUT2D eigenvalue weighted by molar-refractivity contribution is 1.48. The Balaban J connectivity index is 2.38. The minimum atomic E-state index is 1.28. The van der Waals surface area contributed by atoms with Gasteiger partial charge in [0, 0.05) is 0 Å². The molecule has 0 heterocycles. The van der Waals surface area contributed by atoms with Crippen molar-refractivity contribution in [2.24, 2.45) is 0 Å². The molecule has 0 heteroatoms. The predicted octanol–water partition coefficient (Wildman–Crippen LogP) is 6.79. The first-order valence-electron chi connectivity index (χ1n) is 8.10. The number of aryl methyl sites for hydroxylation is 1. The van der Waals surface area contributed by atoms with Crippen LogP contribution in [0.2, 0.25) is 0 Å². The van der Waals surface area contributed by atoms with Gasteiger partial charge < -0.3 is 0 Å². The second kappa shape index (κ2) is 6.66. The zero-order valence-corrected chi connectivity index (χ0v) is 14.0. The second-order valence-corrected chi connectivity index (χ2v) is 5.90. The molecule has 23 heavy (non-hydrogen) atoms. The van der Waals surface area contributed by atoms with Gasteiger partial charge in [-0.05, 0) is 59.4 Å². The van der Waals surface area contributed by atoms with E-state index in [-0.39, 0.29) is 0 Å². The van der Waals surface area contributed by atoms with Gasteiger partial charge in [0.15, 0.2) is 0 Å². The fourth-order valence-electron chi connectivity index (χ4n) is 3.12. The van der Waals surface area contributed by atoms with E-state index in [1.807, 2.05) is 6.92 Å². The fourth-order valence-corrected chi connectivity index (χ4v) is 3.12. The third kappa shape index (κ3) is 2.98. The van der Waals surface area contributed by atoms with E-state index in [4.69, 9.17) is 0 Å². The molecule has 0 saturated carbocycles. The standard InChI is InChI=1S/C23H22/c1-4-5-10-17(2)21-14-9-13-20-16-15-18(3)22(23(20)21)19-11-7-6-8-12-19/h4-16H,1-3H3/b5-4+,17-10+. The van der Waals surface area contributed by atoms with Crippen molar-refractivity contribution in [1.82, 2.24) is 0 Å². The average Bonchev–Trinajstić information content (AvgIpc) is 2.59. The largest absolute Gasteiger partial charge is 0.0877 e. The van der Waals surface area contributed by atoms with Gasteiger partial charge in [0.1, 0.15) is 0 Å². The zero-order valence-electron chi connectivity index (χ0n) is 14.0. The molecule has 0 fully saturated rings. The van der Waals surface area contributed by atoms with Crippen LogP contribution in [0.5, 0.6) is 0 Å². The molecule has 0 radical (unpaired) electrons. The van der Waals surface area contributed by atoms with Crippen molar-refractivity contribution in [1.29, 1.82) is 0 Å². The van der Waals surface area contributed by atoms with Crippen molar-refractivity contribution in [2.45, 2.75) is 20.8 Å². The predicted molar refractivity (Wildman–Crippen MR) is 103 cm³/mol. The van der Waals surface area contributed by atoms with Crippen LogP contribution in [0.1, 0.15) is 25.0 Å². The number of fused-ring (bicyclic) bond motifs is 1. The molecule has 0 aromatic heterocycles. The highest BCUT2D eigenvalue weighted by Gasteiger charge is 2.11. The average molecular weight is 298 g/mol. The van der Waals surface area contributed by atoms with Crippen LogP contribution in [0.15, 0.2) is 78.9 Å². The Morgan fingerprint density at radius 1 is 0.870 bits per heavy atom. The van der Waals surface area contributed by atoms with E-state index in [0.29, 0.717) is 0 Å². The third-order valence-corrected chi connectivity index (χ3v) is 4.28. The van der Waals surface area contributed by atoms with Crippen LogP contribution >= 0.6 is 0 Å². The highest BCUT2D eigenvalue weighted by atomic mass is 14.1.